The zero-order chi connectivity index (χ0) is 14.1. The number of nitrogens with two attached hydrogens (primary N) is 1. The molecule has 0 saturated carbocycles. The van der Waals surface area contributed by atoms with Crippen LogP contribution in [0.4, 0.5) is 0 Å². The van der Waals surface area contributed by atoms with E-state index in [0.717, 1.165) is 10.9 Å². The van der Waals surface area contributed by atoms with Gasteiger partial charge in [-0.2, -0.15) is 0 Å². The topological polar surface area (TPSA) is 38.9 Å². The minimum absolute atomic E-state index is 0.121. The summed E-state index contributed by atoms with van der Waals surface area (Å²) in [6, 6.07) is 14.5. The Kier molecular flexibility index (Phi) is 3.25. The van der Waals surface area contributed by atoms with Gasteiger partial charge in [-0.05, 0) is 47.6 Å². The maximum atomic E-state index is 6.56. The molecule has 0 saturated heterocycles. The second-order valence-electron chi connectivity index (χ2n) is 5.23. The van der Waals surface area contributed by atoms with Crippen LogP contribution >= 0.6 is 0 Å². The van der Waals surface area contributed by atoms with Gasteiger partial charge in [-0.1, -0.05) is 36.4 Å². The van der Waals surface area contributed by atoms with Gasteiger partial charge in [0, 0.05) is 17.8 Å². The van der Waals surface area contributed by atoms with Gasteiger partial charge in [-0.15, -0.1) is 0 Å². The highest BCUT2D eigenvalue weighted by Crippen LogP contribution is 2.30. The van der Waals surface area contributed by atoms with E-state index >= 15 is 0 Å². The lowest BCUT2D eigenvalue weighted by atomic mass is 9.90. The molecule has 3 aromatic rings. The normalized spacial score (nSPS) is 12.6. The van der Waals surface area contributed by atoms with E-state index in [1.54, 1.807) is 0 Å². The van der Waals surface area contributed by atoms with Gasteiger partial charge < -0.3 is 5.73 Å². The average molecular weight is 262 g/mol. The van der Waals surface area contributed by atoms with Crippen molar-refractivity contribution >= 4 is 10.8 Å². The maximum Gasteiger partial charge on any atom is 0.0563 e. The number of nitrogens with zero attached hydrogens (tertiary/aromatic N) is 1. The number of pyridine rings is 1. The van der Waals surface area contributed by atoms with E-state index in [1.165, 1.54) is 22.1 Å². The fourth-order valence-corrected chi connectivity index (χ4v) is 2.88. The molecule has 100 valence electrons. The van der Waals surface area contributed by atoms with Crippen LogP contribution in [0.15, 0.2) is 54.9 Å². The van der Waals surface area contributed by atoms with E-state index < -0.39 is 0 Å². The van der Waals surface area contributed by atoms with Crippen molar-refractivity contribution < 1.29 is 0 Å². The van der Waals surface area contributed by atoms with Gasteiger partial charge in [0.15, 0.2) is 0 Å². The molecule has 1 atom stereocenters. The highest BCUT2D eigenvalue weighted by atomic mass is 14.7. The predicted octanol–water partition coefficient (Wildman–Crippen LogP) is 3.90. The first-order valence-corrected chi connectivity index (χ1v) is 6.83. The van der Waals surface area contributed by atoms with Crippen LogP contribution in [-0.4, -0.2) is 4.98 Å². The first-order chi connectivity index (χ1) is 9.68. The molecule has 0 aliphatic heterocycles. The Labute approximate surface area is 119 Å². The van der Waals surface area contributed by atoms with Gasteiger partial charge in [-0.25, -0.2) is 0 Å². The van der Waals surface area contributed by atoms with Gasteiger partial charge >= 0.3 is 0 Å². The summed E-state index contributed by atoms with van der Waals surface area (Å²) in [5, 5.41) is 2.31. The zero-order valence-corrected chi connectivity index (χ0v) is 11.8. The lowest BCUT2D eigenvalue weighted by Crippen LogP contribution is -2.15. The molecule has 1 aromatic heterocycles. The van der Waals surface area contributed by atoms with E-state index in [2.05, 4.69) is 55.2 Å². The molecule has 0 radical (unpaired) electrons. The Morgan fingerprint density at radius 3 is 2.40 bits per heavy atom. The van der Waals surface area contributed by atoms with E-state index in [-0.39, 0.29) is 6.04 Å². The van der Waals surface area contributed by atoms with Gasteiger partial charge in [-0.3, -0.25) is 4.98 Å². The second-order valence-corrected chi connectivity index (χ2v) is 5.23. The van der Waals surface area contributed by atoms with Gasteiger partial charge in [0.2, 0.25) is 0 Å². The lowest BCUT2D eigenvalue weighted by Gasteiger charge is -2.19. The molecule has 0 spiro atoms. The fraction of sp³-hybridized carbons (Fsp3) is 0.167. The molecule has 1 heterocycles. The van der Waals surface area contributed by atoms with E-state index in [9.17, 15) is 0 Å². The van der Waals surface area contributed by atoms with Crippen molar-refractivity contribution in [3.63, 3.8) is 0 Å². The molecule has 2 aromatic carbocycles. The average Bonchev–Trinajstić information content (AvgIpc) is 2.46. The summed E-state index contributed by atoms with van der Waals surface area (Å²) < 4.78 is 0. The van der Waals surface area contributed by atoms with Crippen molar-refractivity contribution in [1.82, 2.24) is 4.98 Å². The van der Waals surface area contributed by atoms with Crippen molar-refractivity contribution in [3.8, 4) is 0 Å². The number of aryl methyl sites for hydroxylation is 2. The monoisotopic (exact) mass is 262 g/mol. The van der Waals surface area contributed by atoms with Crippen molar-refractivity contribution in [3.05, 3.63) is 77.1 Å². The van der Waals surface area contributed by atoms with Crippen LogP contribution < -0.4 is 5.73 Å². The van der Waals surface area contributed by atoms with E-state index in [4.69, 9.17) is 5.73 Å². The van der Waals surface area contributed by atoms with Gasteiger partial charge in [0.05, 0.1) is 6.04 Å². The first-order valence-electron chi connectivity index (χ1n) is 6.83. The Morgan fingerprint density at radius 1 is 0.950 bits per heavy atom. The van der Waals surface area contributed by atoms with Crippen molar-refractivity contribution in [1.29, 1.82) is 0 Å². The molecule has 0 bridgehead atoms. The molecule has 2 nitrogen and oxygen atoms in total. The van der Waals surface area contributed by atoms with Crippen LogP contribution in [0.5, 0.6) is 0 Å². The molecule has 20 heavy (non-hydrogen) atoms. The molecular formula is C18H18N2. The highest BCUT2D eigenvalue weighted by molar-refractivity contribution is 5.85. The molecule has 2 N–H and O–H groups in total. The molecule has 0 aliphatic rings. The lowest BCUT2D eigenvalue weighted by molar-refractivity contribution is 0.859. The summed E-state index contributed by atoms with van der Waals surface area (Å²) >= 11 is 0. The Hall–Kier alpha value is -2.19. The van der Waals surface area contributed by atoms with Crippen molar-refractivity contribution in [2.24, 2.45) is 5.73 Å². The molecule has 0 amide bonds. The quantitative estimate of drug-likeness (QED) is 0.760. The SMILES string of the molecule is Cc1cccc(C)c1C(N)c1cccc2ccncc12. The number of hydrogen-bond acceptors (Lipinski definition) is 2. The molecule has 3 rings (SSSR count). The molecule has 1 unspecified atom stereocenters. The summed E-state index contributed by atoms with van der Waals surface area (Å²) in [5.74, 6) is 0. The number of hydrogen-bond donors (Lipinski definition) is 1. The van der Waals surface area contributed by atoms with Crippen LogP contribution in [0.25, 0.3) is 10.8 Å². The number of rotatable bonds is 2. The third-order valence-corrected chi connectivity index (χ3v) is 3.91. The van der Waals surface area contributed by atoms with Gasteiger partial charge in [0.1, 0.15) is 0 Å². The molecule has 2 heteroatoms. The molecule has 0 fully saturated rings. The van der Waals surface area contributed by atoms with E-state index in [0.29, 0.717) is 0 Å². The van der Waals surface area contributed by atoms with Crippen LogP contribution in [0.3, 0.4) is 0 Å². The number of fused-ring (bicyclic) bond motifs is 1. The van der Waals surface area contributed by atoms with Crippen LogP contribution in [0, 0.1) is 13.8 Å². The summed E-state index contributed by atoms with van der Waals surface area (Å²) in [6.45, 7) is 4.23. The van der Waals surface area contributed by atoms with Crippen molar-refractivity contribution in [2.75, 3.05) is 0 Å². The summed E-state index contributed by atoms with van der Waals surface area (Å²) in [7, 11) is 0. The first kappa shape index (κ1) is 12.8. The maximum absolute atomic E-state index is 6.56. The summed E-state index contributed by atoms with van der Waals surface area (Å²) in [5.41, 5.74) is 11.4. The van der Waals surface area contributed by atoms with Crippen molar-refractivity contribution in [2.45, 2.75) is 19.9 Å². The third-order valence-electron chi connectivity index (χ3n) is 3.91. The largest absolute Gasteiger partial charge is 0.320 e. The Morgan fingerprint density at radius 2 is 1.65 bits per heavy atom. The second kappa shape index (κ2) is 5.06. The number of benzene rings is 2. The third kappa shape index (κ3) is 2.08. The smallest absolute Gasteiger partial charge is 0.0563 e. The minimum Gasteiger partial charge on any atom is -0.320 e. The van der Waals surface area contributed by atoms with Crippen LogP contribution in [0.1, 0.15) is 28.3 Å². The summed E-state index contributed by atoms with van der Waals surface area (Å²) in [4.78, 5) is 4.24. The predicted molar refractivity (Wildman–Crippen MR) is 83.7 cm³/mol. The Bertz CT molecular complexity index is 737. The van der Waals surface area contributed by atoms with Crippen LogP contribution in [-0.2, 0) is 0 Å². The molecule has 0 aliphatic carbocycles. The standard InChI is InChI=1S/C18H18N2/c1-12-5-3-6-13(2)17(12)18(19)15-8-4-7-14-9-10-20-11-16(14)15/h3-11,18H,19H2,1-2H3. The van der Waals surface area contributed by atoms with Crippen LogP contribution in [0.2, 0.25) is 0 Å². The zero-order valence-electron chi connectivity index (χ0n) is 11.8. The fourth-order valence-electron chi connectivity index (χ4n) is 2.88. The summed E-state index contributed by atoms with van der Waals surface area (Å²) in [6.07, 6.45) is 3.72. The minimum atomic E-state index is -0.121. The van der Waals surface area contributed by atoms with E-state index in [1.807, 2.05) is 18.5 Å². The van der Waals surface area contributed by atoms with Gasteiger partial charge in [0.25, 0.3) is 0 Å². The molecular weight excluding hydrogens is 244 g/mol. The number of aromatic nitrogens is 1. The Balaban J connectivity index is 2.21. The highest BCUT2D eigenvalue weighted by Gasteiger charge is 2.16.